The van der Waals surface area contributed by atoms with Gasteiger partial charge in [0.15, 0.2) is 0 Å². The van der Waals surface area contributed by atoms with E-state index in [0.717, 1.165) is 25.6 Å². The van der Waals surface area contributed by atoms with Gasteiger partial charge in [-0.15, -0.1) is 0 Å². The molecular weight excluding hydrogens is 223 g/mol. The Labute approximate surface area is 98.1 Å². The van der Waals surface area contributed by atoms with Gasteiger partial charge in [0.05, 0.1) is 6.20 Å². The fourth-order valence-electron chi connectivity index (χ4n) is 1.38. The molecule has 2 aromatic heterocycles. The van der Waals surface area contributed by atoms with Crippen LogP contribution in [-0.4, -0.2) is 28.7 Å². The lowest BCUT2D eigenvalue weighted by Gasteiger charge is -1.93. The average molecular weight is 236 g/mol. The fourth-order valence-corrected chi connectivity index (χ4v) is 1.38. The lowest BCUT2D eigenvalue weighted by molar-refractivity contribution is 0.375. The van der Waals surface area contributed by atoms with Crippen LogP contribution in [0.1, 0.15) is 12.3 Å². The van der Waals surface area contributed by atoms with Gasteiger partial charge in [0.2, 0.25) is 11.7 Å². The second-order valence-electron chi connectivity index (χ2n) is 3.58. The van der Waals surface area contributed by atoms with E-state index in [0.29, 0.717) is 17.4 Å². The summed E-state index contributed by atoms with van der Waals surface area (Å²) in [6.45, 7) is 0.895. The normalized spacial score (nSPS) is 10.7. The molecule has 90 valence electrons. The molecule has 2 aromatic rings. The van der Waals surface area contributed by atoms with Crippen LogP contribution in [0.25, 0.3) is 11.5 Å². The molecule has 0 saturated carbocycles. The zero-order valence-electron chi connectivity index (χ0n) is 9.48. The third kappa shape index (κ3) is 3.07. The average Bonchev–Trinajstić information content (AvgIpc) is 2.79. The maximum atomic E-state index is 12.7. The Kier molecular flexibility index (Phi) is 3.77. The van der Waals surface area contributed by atoms with Crippen LogP contribution in [0.4, 0.5) is 4.39 Å². The van der Waals surface area contributed by atoms with E-state index >= 15 is 0 Å². The molecule has 0 unspecified atom stereocenters. The predicted molar refractivity (Wildman–Crippen MR) is 59.7 cm³/mol. The van der Waals surface area contributed by atoms with Crippen LogP contribution in [0.5, 0.6) is 0 Å². The summed E-state index contributed by atoms with van der Waals surface area (Å²) in [5.74, 6) is 0.581. The van der Waals surface area contributed by atoms with Crippen molar-refractivity contribution in [2.75, 3.05) is 13.6 Å². The first-order chi connectivity index (χ1) is 8.29. The van der Waals surface area contributed by atoms with E-state index in [9.17, 15) is 4.39 Å². The molecule has 2 heterocycles. The monoisotopic (exact) mass is 236 g/mol. The van der Waals surface area contributed by atoms with Gasteiger partial charge < -0.3 is 9.84 Å². The van der Waals surface area contributed by atoms with Crippen LogP contribution in [-0.2, 0) is 6.42 Å². The van der Waals surface area contributed by atoms with Crippen molar-refractivity contribution < 1.29 is 8.91 Å². The Morgan fingerprint density at radius 3 is 3.00 bits per heavy atom. The van der Waals surface area contributed by atoms with Crippen molar-refractivity contribution in [3.05, 3.63) is 30.0 Å². The first-order valence-electron chi connectivity index (χ1n) is 5.38. The zero-order valence-corrected chi connectivity index (χ0v) is 9.48. The highest BCUT2D eigenvalue weighted by atomic mass is 19.1. The molecule has 0 aliphatic rings. The van der Waals surface area contributed by atoms with Gasteiger partial charge >= 0.3 is 0 Å². The largest absolute Gasteiger partial charge is 0.339 e. The van der Waals surface area contributed by atoms with Crippen LogP contribution in [0.3, 0.4) is 0 Å². The summed E-state index contributed by atoms with van der Waals surface area (Å²) < 4.78 is 17.8. The Bertz CT molecular complexity index is 469. The minimum Gasteiger partial charge on any atom is -0.339 e. The summed E-state index contributed by atoms with van der Waals surface area (Å²) in [6.07, 6.45) is 2.77. The molecule has 0 aliphatic heterocycles. The Morgan fingerprint density at radius 2 is 2.29 bits per heavy atom. The molecule has 2 rings (SSSR count). The standard InChI is InChI=1S/C11H13FN4O/c1-13-6-2-3-10-15-11(16-17-10)9-5-4-8(12)7-14-9/h4-5,7,13H,2-3,6H2,1H3. The number of halogens is 1. The van der Waals surface area contributed by atoms with Crippen molar-refractivity contribution >= 4 is 0 Å². The molecule has 0 saturated heterocycles. The molecule has 5 nitrogen and oxygen atoms in total. The lowest BCUT2D eigenvalue weighted by atomic mass is 10.3. The SMILES string of the molecule is CNCCCc1nc(-c2ccc(F)cn2)no1. The third-order valence-electron chi connectivity index (χ3n) is 2.24. The number of nitrogens with zero attached hydrogens (tertiary/aromatic N) is 3. The number of aryl methyl sites for hydroxylation is 1. The molecule has 17 heavy (non-hydrogen) atoms. The molecular formula is C11H13FN4O. The van der Waals surface area contributed by atoms with E-state index in [4.69, 9.17) is 4.52 Å². The van der Waals surface area contributed by atoms with E-state index in [1.165, 1.54) is 12.1 Å². The summed E-state index contributed by atoms with van der Waals surface area (Å²) in [4.78, 5) is 8.08. The highest BCUT2D eigenvalue weighted by molar-refractivity contribution is 5.47. The van der Waals surface area contributed by atoms with Crippen molar-refractivity contribution in [1.82, 2.24) is 20.4 Å². The molecule has 0 amide bonds. The van der Waals surface area contributed by atoms with Crippen molar-refractivity contribution in [3.8, 4) is 11.5 Å². The summed E-state index contributed by atoms with van der Waals surface area (Å²) in [7, 11) is 1.89. The zero-order chi connectivity index (χ0) is 12.1. The Balaban J connectivity index is 2.04. The van der Waals surface area contributed by atoms with Crippen LogP contribution in [0, 0.1) is 5.82 Å². The van der Waals surface area contributed by atoms with Gasteiger partial charge in [-0.3, -0.25) is 0 Å². The van der Waals surface area contributed by atoms with E-state index in [1.807, 2.05) is 7.05 Å². The van der Waals surface area contributed by atoms with Gasteiger partial charge in [0.1, 0.15) is 11.5 Å². The number of hydrogen-bond donors (Lipinski definition) is 1. The minimum atomic E-state index is -0.383. The van der Waals surface area contributed by atoms with E-state index in [-0.39, 0.29) is 5.82 Å². The molecule has 0 fully saturated rings. The first-order valence-corrected chi connectivity index (χ1v) is 5.38. The Hall–Kier alpha value is -1.82. The van der Waals surface area contributed by atoms with Crippen molar-refractivity contribution in [2.24, 2.45) is 0 Å². The molecule has 0 radical (unpaired) electrons. The molecule has 0 aliphatic carbocycles. The summed E-state index contributed by atoms with van der Waals surface area (Å²) >= 11 is 0. The van der Waals surface area contributed by atoms with Crippen molar-refractivity contribution in [2.45, 2.75) is 12.8 Å². The minimum absolute atomic E-state index is 0.383. The number of hydrogen-bond acceptors (Lipinski definition) is 5. The first kappa shape index (κ1) is 11.7. The van der Waals surface area contributed by atoms with Crippen LogP contribution in [0.2, 0.25) is 0 Å². The van der Waals surface area contributed by atoms with Gasteiger partial charge in [-0.1, -0.05) is 5.16 Å². The van der Waals surface area contributed by atoms with Gasteiger partial charge in [-0.05, 0) is 32.1 Å². The number of rotatable bonds is 5. The van der Waals surface area contributed by atoms with Crippen LogP contribution < -0.4 is 5.32 Å². The molecule has 6 heteroatoms. The maximum absolute atomic E-state index is 12.7. The third-order valence-corrected chi connectivity index (χ3v) is 2.24. The number of pyridine rings is 1. The van der Waals surface area contributed by atoms with Crippen LogP contribution >= 0.6 is 0 Å². The fraction of sp³-hybridized carbons (Fsp3) is 0.364. The van der Waals surface area contributed by atoms with Crippen molar-refractivity contribution in [3.63, 3.8) is 0 Å². The lowest BCUT2D eigenvalue weighted by Crippen LogP contribution is -2.08. The number of nitrogens with one attached hydrogen (secondary N) is 1. The van der Waals surface area contributed by atoms with Gasteiger partial charge in [0.25, 0.3) is 0 Å². The van der Waals surface area contributed by atoms with Gasteiger partial charge in [-0.2, -0.15) is 4.98 Å². The quantitative estimate of drug-likeness (QED) is 0.795. The molecule has 0 spiro atoms. The Morgan fingerprint density at radius 1 is 1.41 bits per heavy atom. The highest BCUT2D eigenvalue weighted by Gasteiger charge is 2.09. The summed E-state index contributed by atoms with van der Waals surface area (Å²) in [5, 5.41) is 6.84. The maximum Gasteiger partial charge on any atom is 0.227 e. The van der Waals surface area contributed by atoms with Crippen molar-refractivity contribution in [1.29, 1.82) is 0 Å². The van der Waals surface area contributed by atoms with E-state index in [1.54, 1.807) is 0 Å². The van der Waals surface area contributed by atoms with Crippen LogP contribution in [0.15, 0.2) is 22.9 Å². The smallest absolute Gasteiger partial charge is 0.227 e. The molecule has 0 bridgehead atoms. The second kappa shape index (κ2) is 5.49. The topological polar surface area (TPSA) is 63.8 Å². The molecule has 0 aromatic carbocycles. The second-order valence-corrected chi connectivity index (χ2v) is 3.58. The molecule has 1 N–H and O–H groups in total. The van der Waals surface area contributed by atoms with E-state index in [2.05, 4.69) is 20.4 Å². The highest BCUT2D eigenvalue weighted by Crippen LogP contribution is 2.13. The van der Waals surface area contributed by atoms with Gasteiger partial charge in [0, 0.05) is 6.42 Å². The summed E-state index contributed by atoms with van der Waals surface area (Å²) in [6, 6.07) is 2.84. The van der Waals surface area contributed by atoms with Gasteiger partial charge in [-0.25, -0.2) is 9.37 Å². The number of aromatic nitrogens is 3. The molecule has 0 atom stereocenters. The predicted octanol–water partition coefficient (Wildman–Crippen LogP) is 1.42. The summed E-state index contributed by atoms with van der Waals surface area (Å²) in [5.41, 5.74) is 0.509. The van der Waals surface area contributed by atoms with E-state index < -0.39 is 0 Å².